The molecule has 1 unspecified atom stereocenters. The molecule has 7 heteroatoms. The Morgan fingerprint density at radius 3 is 2.67 bits per heavy atom. The first-order valence-corrected chi connectivity index (χ1v) is 7.97. The normalized spacial score (nSPS) is 12.3. The van der Waals surface area contributed by atoms with Crippen LogP contribution in [0, 0.1) is 0 Å². The highest BCUT2D eigenvalue weighted by atomic mass is 79.9. The minimum absolute atomic E-state index is 0.101. The van der Waals surface area contributed by atoms with Crippen LogP contribution in [0.1, 0.15) is 18.7 Å². The summed E-state index contributed by atoms with van der Waals surface area (Å²) in [4.78, 5) is 5.19. The third-order valence-corrected chi connectivity index (χ3v) is 4.19. The van der Waals surface area contributed by atoms with Crippen LogP contribution >= 0.6 is 27.7 Å². The Morgan fingerprint density at radius 1 is 1.24 bits per heavy atom. The van der Waals surface area contributed by atoms with Crippen LogP contribution in [0.3, 0.4) is 0 Å². The molecule has 0 spiro atoms. The molecule has 0 bridgehead atoms. The molecule has 0 aliphatic rings. The molecule has 1 atom stereocenters. The number of nitrogens with one attached hydrogen (secondary N) is 2. The summed E-state index contributed by atoms with van der Waals surface area (Å²) in [6.07, 6.45) is 1.50. The van der Waals surface area contributed by atoms with Gasteiger partial charge in [-0.15, -0.1) is 0 Å². The van der Waals surface area contributed by atoms with Gasteiger partial charge in [-0.1, -0.05) is 11.8 Å². The SMILES string of the molecule is CC(Nc1ccc(Sc2ncn[nH]2)cc1)c1ccc(Br)o1. The van der Waals surface area contributed by atoms with Crippen LogP contribution in [0.4, 0.5) is 5.69 Å². The Labute approximate surface area is 134 Å². The van der Waals surface area contributed by atoms with E-state index in [0.29, 0.717) is 0 Å². The lowest BCUT2D eigenvalue weighted by Gasteiger charge is -2.13. The van der Waals surface area contributed by atoms with Gasteiger partial charge in [-0.2, -0.15) is 5.10 Å². The van der Waals surface area contributed by atoms with Gasteiger partial charge in [-0.05, 0) is 59.3 Å². The van der Waals surface area contributed by atoms with Gasteiger partial charge in [-0.25, -0.2) is 4.98 Å². The minimum atomic E-state index is 0.101. The molecular weight excluding hydrogens is 352 g/mol. The second-order valence-corrected chi connectivity index (χ2v) is 6.27. The van der Waals surface area contributed by atoms with Crippen molar-refractivity contribution in [3.63, 3.8) is 0 Å². The molecule has 21 heavy (non-hydrogen) atoms. The van der Waals surface area contributed by atoms with Crippen LogP contribution in [-0.2, 0) is 0 Å². The molecule has 0 amide bonds. The first-order chi connectivity index (χ1) is 10.2. The van der Waals surface area contributed by atoms with Gasteiger partial charge in [0.05, 0.1) is 6.04 Å². The Morgan fingerprint density at radius 2 is 2.05 bits per heavy atom. The maximum atomic E-state index is 5.54. The number of hydrogen-bond donors (Lipinski definition) is 2. The number of halogens is 1. The number of rotatable bonds is 5. The largest absolute Gasteiger partial charge is 0.452 e. The molecule has 0 saturated carbocycles. The van der Waals surface area contributed by atoms with Crippen molar-refractivity contribution in [1.29, 1.82) is 0 Å². The van der Waals surface area contributed by atoms with E-state index < -0.39 is 0 Å². The number of hydrogen-bond acceptors (Lipinski definition) is 5. The van der Waals surface area contributed by atoms with E-state index in [-0.39, 0.29) is 6.04 Å². The molecule has 1 aromatic carbocycles. The third kappa shape index (κ3) is 3.68. The van der Waals surface area contributed by atoms with Crippen molar-refractivity contribution in [3.8, 4) is 0 Å². The average Bonchev–Trinajstić information content (AvgIpc) is 3.12. The lowest BCUT2D eigenvalue weighted by atomic mass is 10.2. The maximum Gasteiger partial charge on any atom is 0.188 e. The van der Waals surface area contributed by atoms with Gasteiger partial charge in [0, 0.05) is 10.6 Å². The predicted molar refractivity (Wildman–Crippen MR) is 85.4 cm³/mol. The van der Waals surface area contributed by atoms with Crippen LogP contribution < -0.4 is 5.32 Å². The molecule has 3 rings (SSSR count). The molecule has 0 aliphatic heterocycles. The van der Waals surface area contributed by atoms with Gasteiger partial charge in [0.2, 0.25) is 0 Å². The van der Waals surface area contributed by atoms with E-state index in [2.05, 4.69) is 43.4 Å². The van der Waals surface area contributed by atoms with Crippen LogP contribution in [0.15, 0.2) is 61.9 Å². The number of furan rings is 1. The first-order valence-electron chi connectivity index (χ1n) is 6.36. The second-order valence-electron chi connectivity index (χ2n) is 4.42. The minimum Gasteiger partial charge on any atom is -0.452 e. The summed E-state index contributed by atoms with van der Waals surface area (Å²) in [5.74, 6) is 0.891. The molecular formula is C14H13BrN4OS. The van der Waals surface area contributed by atoms with Gasteiger partial charge in [0.25, 0.3) is 0 Å². The zero-order chi connectivity index (χ0) is 14.7. The molecule has 3 aromatic rings. The highest BCUT2D eigenvalue weighted by Crippen LogP contribution is 2.27. The molecule has 2 heterocycles. The summed E-state index contributed by atoms with van der Waals surface area (Å²) in [7, 11) is 0. The van der Waals surface area contributed by atoms with Crippen molar-refractivity contribution in [2.75, 3.05) is 5.32 Å². The Bertz CT molecular complexity index is 696. The van der Waals surface area contributed by atoms with E-state index in [1.807, 2.05) is 36.4 Å². The van der Waals surface area contributed by atoms with Crippen LogP contribution in [0.2, 0.25) is 0 Å². The lowest BCUT2D eigenvalue weighted by Crippen LogP contribution is -2.05. The second kappa shape index (κ2) is 6.36. The van der Waals surface area contributed by atoms with Gasteiger partial charge < -0.3 is 9.73 Å². The summed E-state index contributed by atoms with van der Waals surface area (Å²) in [5, 5.41) is 10.8. The highest BCUT2D eigenvalue weighted by Gasteiger charge is 2.09. The molecule has 0 fully saturated rings. The fourth-order valence-electron chi connectivity index (χ4n) is 1.86. The number of benzene rings is 1. The van der Waals surface area contributed by atoms with E-state index in [1.54, 1.807) is 0 Å². The lowest BCUT2D eigenvalue weighted by molar-refractivity contribution is 0.471. The average molecular weight is 365 g/mol. The number of H-pyrrole nitrogens is 1. The topological polar surface area (TPSA) is 66.7 Å². The molecule has 5 nitrogen and oxygen atoms in total. The van der Waals surface area contributed by atoms with Crippen molar-refractivity contribution >= 4 is 33.4 Å². The smallest absolute Gasteiger partial charge is 0.188 e. The molecule has 0 saturated heterocycles. The Kier molecular flexibility index (Phi) is 4.31. The predicted octanol–water partition coefficient (Wildman–Crippen LogP) is 4.48. The van der Waals surface area contributed by atoms with Gasteiger partial charge in [0.15, 0.2) is 9.83 Å². The third-order valence-electron chi connectivity index (χ3n) is 2.87. The van der Waals surface area contributed by atoms with Crippen molar-refractivity contribution in [3.05, 3.63) is 53.2 Å². The maximum absolute atomic E-state index is 5.54. The quantitative estimate of drug-likeness (QED) is 0.698. The zero-order valence-corrected chi connectivity index (χ0v) is 13.6. The molecule has 2 N–H and O–H groups in total. The van der Waals surface area contributed by atoms with E-state index >= 15 is 0 Å². The number of aromatic nitrogens is 3. The summed E-state index contributed by atoms with van der Waals surface area (Å²) in [6, 6.07) is 12.1. The number of aromatic amines is 1. The molecule has 0 radical (unpaired) electrons. The van der Waals surface area contributed by atoms with Gasteiger partial charge >= 0.3 is 0 Å². The van der Waals surface area contributed by atoms with Crippen molar-refractivity contribution in [2.24, 2.45) is 0 Å². The molecule has 2 aromatic heterocycles. The van der Waals surface area contributed by atoms with E-state index in [0.717, 1.165) is 26.2 Å². The fraction of sp³-hybridized carbons (Fsp3) is 0.143. The van der Waals surface area contributed by atoms with Gasteiger partial charge in [0.1, 0.15) is 12.1 Å². The standard InChI is InChI=1S/C14H13BrN4OS/c1-9(12-6-7-13(15)20-12)18-10-2-4-11(5-3-10)21-14-16-8-17-19-14/h2-9,18H,1H3,(H,16,17,19). The molecule has 108 valence electrons. The highest BCUT2D eigenvalue weighted by molar-refractivity contribution is 9.10. The van der Waals surface area contributed by atoms with Crippen molar-refractivity contribution < 1.29 is 4.42 Å². The van der Waals surface area contributed by atoms with Crippen LogP contribution in [0.5, 0.6) is 0 Å². The van der Waals surface area contributed by atoms with Crippen LogP contribution in [0.25, 0.3) is 0 Å². The van der Waals surface area contributed by atoms with Gasteiger partial charge in [-0.3, -0.25) is 5.10 Å². The van der Waals surface area contributed by atoms with Crippen LogP contribution in [-0.4, -0.2) is 15.2 Å². The monoisotopic (exact) mass is 364 g/mol. The van der Waals surface area contributed by atoms with E-state index in [9.17, 15) is 0 Å². The summed E-state index contributed by atoms with van der Waals surface area (Å²) >= 11 is 4.85. The van der Waals surface area contributed by atoms with Crippen molar-refractivity contribution in [2.45, 2.75) is 23.0 Å². The number of nitrogens with zero attached hydrogens (tertiary/aromatic N) is 2. The van der Waals surface area contributed by atoms with Crippen molar-refractivity contribution in [1.82, 2.24) is 15.2 Å². The van der Waals surface area contributed by atoms with E-state index in [1.165, 1.54) is 18.1 Å². The fourth-order valence-corrected chi connectivity index (χ4v) is 2.87. The number of anilines is 1. The zero-order valence-electron chi connectivity index (χ0n) is 11.2. The summed E-state index contributed by atoms with van der Waals surface area (Å²) < 4.78 is 6.28. The Balaban J connectivity index is 1.64. The summed E-state index contributed by atoms with van der Waals surface area (Å²) in [5.41, 5.74) is 1.04. The Hall–Kier alpha value is -1.73. The van der Waals surface area contributed by atoms with E-state index in [4.69, 9.17) is 4.42 Å². The summed E-state index contributed by atoms with van der Waals surface area (Å²) in [6.45, 7) is 2.06. The molecule has 0 aliphatic carbocycles. The first kappa shape index (κ1) is 14.2.